The zero-order chi connectivity index (χ0) is 13.1. The first-order valence-corrected chi connectivity index (χ1v) is 6.73. The van der Waals surface area contributed by atoms with E-state index in [4.69, 9.17) is 10.2 Å². The summed E-state index contributed by atoms with van der Waals surface area (Å²) in [5, 5.41) is 0. The third-order valence-corrected chi connectivity index (χ3v) is 3.31. The van der Waals surface area contributed by atoms with Crippen molar-refractivity contribution in [3.05, 3.63) is 23.7 Å². The molecular weight excluding hydrogens is 228 g/mol. The van der Waals surface area contributed by atoms with Gasteiger partial charge in [-0.15, -0.1) is 0 Å². The molecule has 1 aromatic heterocycles. The van der Waals surface area contributed by atoms with E-state index in [9.17, 15) is 4.79 Å². The summed E-state index contributed by atoms with van der Waals surface area (Å²) >= 11 is 0. The number of amides is 1. The highest BCUT2D eigenvalue weighted by Gasteiger charge is 2.34. The van der Waals surface area contributed by atoms with Crippen molar-refractivity contribution >= 4 is 5.91 Å². The molecule has 2 N–H and O–H groups in total. The Kier molecular flexibility index (Phi) is 4.07. The summed E-state index contributed by atoms with van der Waals surface area (Å²) in [5.41, 5.74) is 5.93. The number of carbonyl (C=O) groups is 1. The molecule has 100 valence electrons. The maximum absolute atomic E-state index is 12.3. The Hall–Kier alpha value is -1.29. The molecule has 0 radical (unpaired) electrons. The molecule has 18 heavy (non-hydrogen) atoms. The van der Waals surface area contributed by atoms with Crippen molar-refractivity contribution in [1.29, 1.82) is 0 Å². The van der Waals surface area contributed by atoms with E-state index in [0.29, 0.717) is 12.6 Å². The van der Waals surface area contributed by atoms with Crippen molar-refractivity contribution in [2.45, 2.75) is 58.2 Å². The molecule has 0 aliphatic heterocycles. The first kappa shape index (κ1) is 13.1. The fourth-order valence-corrected chi connectivity index (χ4v) is 2.16. The largest absolute Gasteiger partial charge is 0.464 e. The van der Waals surface area contributed by atoms with Crippen LogP contribution in [0.4, 0.5) is 0 Å². The van der Waals surface area contributed by atoms with Gasteiger partial charge in [0.15, 0.2) is 0 Å². The number of hydrogen-bond donors (Lipinski definition) is 1. The van der Waals surface area contributed by atoms with Gasteiger partial charge in [0.25, 0.3) is 0 Å². The molecule has 1 aromatic rings. The van der Waals surface area contributed by atoms with E-state index < -0.39 is 0 Å². The fraction of sp³-hybridized carbons (Fsp3) is 0.643. The number of carbonyl (C=O) groups excluding carboxylic acids is 1. The van der Waals surface area contributed by atoms with Crippen LogP contribution in [0.5, 0.6) is 0 Å². The molecule has 1 aliphatic carbocycles. The Labute approximate surface area is 108 Å². The smallest absolute Gasteiger partial charge is 0.240 e. The molecule has 1 heterocycles. The summed E-state index contributed by atoms with van der Waals surface area (Å²) in [6, 6.07) is 3.86. The topological polar surface area (TPSA) is 59.5 Å². The van der Waals surface area contributed by atoms with Crippen LogP contribution >= 0.6 is 0 Å². The third-order valence-electron chi connectivity index (χ3n) is 3.31. The number of furan rings is 1. The number of aryl methyl sites for hydroxylation is 1. The van der Waals surface area contributed by atoms with Crippen molar-refractivity contribution in [3.8, 4) is 0 Å². The second kappa shape index (κ2) is 5.57. The lowest BCUT2D eigenvalue weighted by Gasteiger charge is -2.24. The molecular formula is C14H22N2O2. The van der Waals surface area contributed by atoms with Crippen LogP contribution in [0.1, 0.15) is 44.1 Å². The lowest BCUT2D eigenvalue weighted by molar-refractivity contribution is -0.134. The number of hydrogen-bond acceptors (Lipinski definition) is 3. The summed E-state index contributed by atoms with van der Waals surface area (Å²) in [6.07, 6.45) is 3.86. The summed E-state index contributed by atoms with van der Waals surface area (Å²) in [4.78, 5) is 14.2. The number of rotatable bonds is 6. The van der Waals surface area contributed by atoms with Crippen LogP contribution in [0, 0.1) is 6.92 Å². The highest BCUT2D eigenvalue weighted by atomic mass is 16.3. The van der Waals surface area contributed by atoms with E-state index in [0.717, 1.165) is 37.2 Å². The lowest BCUT2D eigenvalue weighted by Crippen LogP contribution is -2.44. The molecule has 1 atom stereocenters. The zero-order valence-electron chi connectivity index (χ0n) is 11.2. The van der Waals surface area contributed by atoms with Crippen molar-refractivity contribution in [2.24, 2.45) is 5.73 Å². The van der Waals surface area contributed by atoms with Gasteiger partial charge in [-0.2, -0.15) is 0 Å². The Morgan fingerprint density at radius 2 is 2.28 bits per heavy atom. The SMILES string of the molecule is CCC[C@H](N)C(=O)N(Cc1ccc(C)o1)C1CC1. The maximum Gasteiger partial charge on any atom is 0.240 e. The summed E-state index contributed by atoms with van der Waals surface area (Å²) in [6.45, 7) is 4.51. The van der Waals surface area contributed by atoms with Crippen LogP contribution in [-0.2, 0) is 11.3 Å². The quantitative estimate of drug-likeness (QED) is 0.842. The molecule has 0 aromatic carbocycles. The summed E-state index contributed by atoms with van der Waals surface area (Å²) in [5.74, 6) is 1.79. The van der Waals surface area contributed by atoms with Gasteiger partial charge >= 0.3 is 0 Å². The van der Waals surface area contributed by atoms with Gasteiger partial charge in [-0.3, -0.25) is 4.79 Å². The molecule has 1 amide bonds. The van der Waals surface area contributed by atoms with Crippen LogP contribution in [0.3, 0.4) is 0 Å². The second-order valence-corrected chi connectivity index (χ2v) is 5.10. The van der Waals surface area contributed by atoms with Gasteiger partial charge in [0, 0.05) is 6.04 Å². The predicted molar refractivity (Wildman–Crippen MR) is 69.9 cm³/mol. The lowest BCUT2D eigenvalue weighted by atomic mass is 10.1. The second-order valence-electron chi connectivity index (χ2n) is 5.10. The molecule has 0 unspecified atom stereocenters. The third kappa shape index (κ3) is 3.13. The highest BCUT2D eigenvalue weighted by Crippen LogP contribution is 2.29. The van der Waals surface area contributed by atoms with Gasteiger partial charge in [-0.1, -0.05) is 13.3 Å². The van der Waals surface area contributed by atoms with E-state index in [1.54, 1.807) is 0 Å². The van der Waals surface area contributed by atoms with E-state index in [1.807, 2.05) is 30.9 Å². The van der Waals surface area contributed by atoms with E-state index >= 15 is 0 Å². The monoisotopic (exact) mass is 250 g/mol. The normalized spacial score (nSPS) is 16.6. The summed E-state index contributed by atoms with van der Waals surface area (Å²) in [7, 11) is 0. The Morgan fingerprint density at radius 1 is 1.56 bits per heavy atom. The average molecular weight is 250 g/mol. The van der Waals surface area contributed by atoms with Crippen molar-refractivity contribution < 1.29 is 9.21 Å². The van der Waals surface area contributed by atoms with Crippen LogP contribution in [0.15, 0.2) is 16.5 Å². The number of nitrogens with zero attached hydrogens (tertiary/aromatic N) is 1. The van der Waals surface area contributed by atoms with E-state index in [-0.39, 0.29) is 11.9 Å². The Morgan fingerprint density at radius 3 is 2.78 bits per heavy atom. The minimum Gasteiger partial charge on any atom is -0.464 e. The van der Waals surface area contributed by atoms with Gasteiger partial charge in [0.2, 0.25) is 5.91 Å². The number of nitrogens with two attached hydrogens (primary N) is 1. The van der Waals surface area contributed by atoms with Gasteiger partial charge < -0.3 is 15.1 Å². The zero-order valence-corrected chi connectivity index (χ0v) is 11.2. The van der Waals surface area contributed by atoms with Crippen LogP contribution < -0.4 is 5.73 Å². The molecule has 4 nitrogen and oxygen atoms in total. The van der Waals surface area contributed by atoms with Crippen molar-refractivity contribution in [2.75, 3.05) is 0 Å². The highest BCUT2D eigenvalue weighted by molar-refractivity contribution is 5.82. The van der Waals surface area contributed by atoms with Gasteiger partial charge in [-0.25, -0.2) is 0 Å². The van der Waals surface area contributed by atoms with Crippen LogP contribution in [0.2, 0.25) is 0 Å². The van der Waals surface area contributed by atoms with Crippen LogP contribution in [0.25, 0.3) is 0 Å². The minimum atomic E-state index is -0.369. The molecule has 1 saturated carbocycles. The first-order chi connectivity index (χ1) is 8.61. The molecule has 1 aliphatic rings. The van der Waals surface area contributed by atoms with Crippen molar-refractivity contribution in [3.63, 3.8) is 0 Å². The van der Waals surface area contributed by atoms with Crippen LogP contribution in [-0.4, -0.2) is 22.9 Å². The molecule has 0 saturated heterocycles. The molecule has 0 bridgehead atoms. The van der Waals surface area contributed by atoms with E-state index in [2.05, 4.69) is 0 Å². The molecule has 2 rings (SSSR count). The standard InChI is InChI=1S/C14H22N2O2/c1-3-4-13(15)14(17)16(11-6-7-11)9-12-8-5-10(2)18-12/h5,8,11,13H,3-4,6-7,9,15H2,1-2H3/t13-/m0/s1. The average Bonchev–Trinajstić information content (AvgIpc) is 3.09. The Bertz CT molecular complexity index is 410. The fourth-order valence-electron chi connectivity index (χ4n) is 2.16. The van der Waals surface area contributed by atoms with Crippen molar-refractivity contribution in [1.82, 2.24) is 4.90 Å². The molecule has 0 spiro atoms. The Balaban J connectivity index is 2.01. The van der Waals surface area contributed by atoms with Gasteiger partial charge in [0.05, 0.1) is 12.6 Å². The first-order valence-electron chi connectivity index (χ1n) is 6.73. The van der Waals surface area contributed by atoms with E-state index in [1.165, 1.54) is 0 Å². The summed E-state index contributed by atoms with van der Waals surface area (Å²) < 4.78 is 5.55. The maximum atomic E-state index is 12.3. The minimum absolute atomic E-state index is 0.0633. The molecule has 4 heteroatoms. The van der Waals surface area contributed by atoms with Gasteiger partial charge in [-0.05, 0) is 38.3 Å². The molecule has 1 fully saturated rings. The van der Waals surface area contributed by atoms with Gasteiger partial charge in [0.1, 0.15) is 11.5 Å². The predicted octanol–water partition coefficient (Wildman–Crippen LogP) is 2.21.